The fraction of sp³-hybridized carbons (Fsp3) is 0.179. The molecule has 36 heavy (non-hydrogen) atoms. The van der Waals surface area contributed by atoms with Gasteiger partial charge in [-0.05, 0) is 67.8 Å². The van der Waals surface area contributed by atoms with Crippen molar-refractivity contribution in [3.05, 3.63) is 93.0 Å². The summed E-state index contributed by atoms with van der Waals surface area (Å²) in [5.41, 5.74) is 4.36. The van der Waals surface area contributed by atoms with Crippen LogP contribution in [0.2, 0.25) is 5.02 Å². The van der Waals surface area contributed by atoms with Gasteiger partial charge in [-0.15, -0.1) is 0 Å². The first-order valence-corrected chi connectivity index (χ1v) is 12.5. The molecule has 8 heteroatoms. The van der Waals surface area contributed by atoms with E-state index < -0.39 is 17.7 Å². The van der Waals surface area contributed by atoms with Gasteiger partial charge >= 0.3 is 5.91 Å². The number of benzene rings is 3. The van der Waals surface area contributed by atoms with Gasteiger partial charge in [-0.25, -0.2) is 4.98 Å². The number of anilines is 1. The number of amides is 1. The lowest BCUT2D eigenvalue weighted by Gasteiger charge is -2.23. The maximum absolute atomic E-state index is 13.5. The Morgan fingerprint density at radius 1 is 1.06 bits per heavy atom. The van der Waals surface area contributed by atoms with Crippen molar-refractivity contribution in [1.29, 1.82) is 0 Å². The minimum absolute atomic E-state index is 0.0237. The van der Waals surface area contributed by atoms with Crippen LogP contribution in [0.3, 0.4) is 0 Å². The molecule has 182 valence electrons. The summed E-state index contributed by atoms with van der Waals surface area (Å²) < 4.78 is 6.19. The molecule has 1 amide bonds. The molecule has 3 aromatic carbocycles. The molecule has 0 radical (unpaired) electrons. The Morgan fingerprint density at radius 3 is 2.56 bits per heavy atom. The Hall–Kier alpha value is -3.68. The van der Waals surface area contributed by atoms with Crippen molar-refractivity contribution in [1.82, 2.24) is 4.98 Å². The molecule has 1 atom stereocenters. The number of aliphatic hydroxyl groups excluding tert-OH is 1. The molecule has 1 fully saturated rings. The van der Waals surface area contributed by atoms with Crippen LogP contribution in [0.15, 0.2) is 60.2 Å². The number of carbonyl (C=O) groups excluding carboxylic acids is 2. The second-order valence-electron chi connectivity index (χ2n) is 8.83. The third-order valence-corrected chi connectivity index (χ3v) is 7.60. The number of hydrogen-bond acceptors (Lipinski definition) is 6. The normalized spacial score (nSPS) is 17.2. The number of ether oxygens (including phenoxy) is 1. The van der Waals surface area contributed by atoms with E-state index in [1.165, 1.54) is 16.2 Å². The van der Waals surface area contributed by atoms with Gasteiger partial charge in [0.25, 0.3) is 5.78 Å². The van der Waals surface area contributed by atoms with E-state index in [4.69, 9.17) is 16.3 Å². The number of hydrogen-bond donors (Lipinski definition) is 1. The number of methoxy groups -OCH3 is 1. The second kappa shape index (κ2) is 9.08. The lowest BCUT2D eigenvalue weighted by molar-refractivity contribution is -0.132. The highest BCUT2D eigenvalue weighted by Crippen LogP contribution is 2.45. The quantitative estimate of drug-likeness (QED) is 0.189. The van der Waals surface area contributed by atoms with Crippen molar-refractivity contribution in [3.8, 4) is 5.75 Å². The first-order chi connectivity index (χ1) is 17.2. The highest BCUT2D eigenvalue weighted by Gasteiger charge is 2.48. The highest BCUT2D eigenvalue weighted by atomic mass is 35.5. The zero-order valence-corrected chi connectivity index (χ0v) is 21.7. The first kappa shape index (κ1) is 24.0. The maximum atomic E-state index is 13.5. The van der Waals surface area contributed by atoms with E-state index in [1.807, 2.05) is 45.0 Å². The van der Waals surface area contributed by atoms with Crippen LogP contribution in [0.4, 0.5) is 5.13 Å². The van der Waals surface area contributed by atoms with E-state index in [2.05, 4.69) is 4.98 Å². The molecule has 0 spiro atoms. The van der Waals surface area contributed by atoms with Gasteiger partial charge in [0.15, 0.2) is 5.13 Å². The smallest absolute Gasteiger partial charge is 0.301 e. The fourth-order valence-electron chi connectivity index (χ4n) is 4.58. The van der Waals surface area contributed by atoms with Crippen LogP contribution in [0, 0.1) is 20.8 Å². The number of carbonyl (C=O) groups is 2. The van der Waals surface area contributed by atoms with Crippen molar-refractivity contribution in [2.24, 2.45) is 0 Å². The van der Waals surface area contributed by atoms with Gasteiger partial charge in [-0.3, -0.25) is 14.5 Å². The summed E-state index contributed by atoms with van der Waals surface area (Å²) in [4.78, 5) is 33.0. The van der Waals surface area contributed by atoms with E-state index in [0.717, 1.165) is 21.4 Å². The number of fused-ring (bicyclic) bond motifs is 1. The van der Waals surface area contributed by atoms with Crippen molar-refractivity contribution in [2.45, 2.75) is 26.8 Å². The Labute approximate surface area is 217 Å². The number of thiazole rings is 1. The number of halogens is 1. The van der Waals surface area contributed by atoms with E-state index >= 15 is 0 Å². The molecule has 1 N–H and O–H groups in total. The predicted molar refractivity (Wildman–Crippen MR) is 143 cm³/mol. The third kappa shape index (κ3) is 3.94. The van der Waals surface area contributed by atoms with Crippen LogP contribution < -0.4 is 9.64 Å². The molecule has 1 aromatic heterocycles. The first-order valence-electron chi connectivity index (χ1n) is 11.3. The van der Waals surface area contributed by atoms with Gasteiger partial charge in [0.1, 0.15) is 11.5 Å². The van der Waals surface area contributed by atoms with Crippen LogP contribution >= 0.6 is 22.9 Å². The predicted octanol–water partition coefficient (Wildman–Crippen LogP) is 6.51. The van der Waals surface area contributed by atoms with E-state index in [0.29, 0.717) is 32.5 Å². The summed E-state index contributed by atoms with van der Waals surface area (Å²) in [5.74, 6) is -1.05. The number of Topliss-reactive ketones (excluding diaryl/α,β-unsaturated/α-hetero) is 1. The Morgan fingerprint density at radius 2 is 1.83 bits per heavy atom. The summed E-state index contributed by atoms with van der Waals surface area (Å²) in [6.45, 7) is 5.62. The molecule has 5 rings (SSSR count). The summed E-state index contributed by atoms with van der Waals surface area (Å²) in [6, 6.07) is 15.6. The molecule has 6 nitrogen and oxygen atoms in total. The zero-order valence-electron chi connectivity index (χ0n) is 20.1. The van der Waals surface area contributed by atoms with Crippen LogP contribution in [-0.4, -0.2) is 28.9 Å². The number of rotatable bonds is 4. The molecule has 2 heterocycles. The van der Waals surface area contributed by atoms with E-state index in [1.54, 1.807) is 37.4 Å². The van der Waals surface area contributed by atoms with Gasteiger partial charge in [0.2, 0.25) is 0 Å². The summed E-state index contributed by atoms with van der Waals surface area (Å²) >= 11 is 7.43. The van der Waals surface area contributed by atoms with Crippen molar-refractivity contribution in [2.75, 3.05) is 12.0 Å². The molecular formula is C28H23ClN2O4S. The van der Waals surface area contributed by atoms with E-state index in [-0.39, 0.29) is 11.3 Å². The van der Waals surface area contributed by atoms with Crippen molar-refractivity contribution >= 4 is 55.7 Å². The largest absolute Gasteiger partial charge is 0.507 e. The monoisotopic (exact) mass is 518 g/mol. The van der Waals surface area contributed by atoms with Gasteiger partial charge in [-0.2, -0.15) is 0 Å². The zero-order chi connectivity index (χ0) is 25.7. The van der Waals surface area contributed by atoms with Crippen LogP contribution in [-0.2, 0) is 9.59 Å². The molecule has 0 saturated carbocycles. The topological polar surface area (TPSA) is 79.7 Å². The third-order valence-electron chi connectivity index (χ3n) is 6.34. The minimum Gasteiger partial charge on any atom is -0.507 e. The Bertz CT molecular complexity index is 1590. The average Bonchev–Trinajstić information content (AvgIpc) is 3.37. The molecular weight excluding hydrogens is 496 g/mol. The SMILES string of the molecule is COc1cc(C)c(/C(O)=C2\C(=O)C(=O)N(c3nc4ccc(Cl)cc4s3)C2c2cccc(C)c2)cc1C. The van der Waals surface area contributed by atoms with Gasteiger partial charge in [0.05, 0.1) is 28.9 Å². The van der Waals surface area contributed by atoms with Gasteiger partial charge < -0.3 is 9.84 Å². The second-order valence-corrected chi connectivity index (χ2v) is 10.3. The molecule has 1 unspecified atom stereocenters. The number of aliphatic hydroxyl groups is 1. The van der Waals surface area contributed by atoms with Crippen LogP contribution in [0.25, 0.3) is 16.0 Å². The van der Waals surface area contributed by atoms with Crippen molar-refractivity contribution < 1.29 is 19.4 Å². The Balaban J connectivity index is 1.75. The van der Waals surface area contributed by atoms with Gasteiger partial charge in [-0.1, -0.05) is 52.8 Å². The summed E-state index contributed by atoms with van der Waals surface area (Å²) in [7, 11) is 1.58. The molecule has 1 aliphatic heterocycles. The molecule has 4 aromatic rings. The van der Waals surface area contributed by atoms with Crippen molar-refractivity contribution in [3.63, 3.8) is 0 Å². The fourth-order valence-corrected chi connectivity index (χ4v) is 5.85. The lowest BCUT2D eigenvalue weighted by atomic mass is 9.92. The number of nitrogens with zero attached hydrogens (tertiary/aromatic N) is 2. The minimum atomic E-state index is -0.845. The molecule has 0 bridgehead atoms. The highest BCUT2D eigenvalue weighted by molar-refractivity contribution is 7.22. The van der Waals surface area contributed by atoms with Crippen LogP contribution in [0.5, 0.6) is 5.75 Å². The molecule has 1 aliphatic rings. The van der Waals surface area contributed by atoms with E-state index in [9.17, 15) is 14.7 Å². The number of ketones is 1. The molecule has 1 saturated heterocycles. The number of aromatic nitrogens is 1. The number of aryl methyl sites for hydroxylation is 3. The van der Waals surface area contributed by atoms with Crippen LogP contribution in [0.1, 0.15) is 33.9 Å². The average molecular weight is 519 g/mol. The standard InChI is InChI=1S/C28H23ClN2O4S/c1-14-6-5-7-17(10-14)24-23(25(32)19-11-16(3)21(35-4)12-15(19)2)26(33)27(34)31(24)28-30-20-9-8-18(29)13-22(20)36-28/h5-13,24,32H,1-4H3/b25-23+. The molecule has 0 aliphatic carbocycles. The Kier molecular flexibility index (Phi) is 6.06. The summed E-state index contributed by atoms with van der Waals surface area (Å²) in [6.07, 6.45) is 0. The lowest BCUT2D eigenvalue weighted by Crippen LogP contribution is -2.29. The summed E-state index contributed by atoms with van der Waals surface area (Å²) in [5, 5.41) is 12.4. The van der Waals surface area contributed by atoms with Gasteiger partial charge in [0, 0.05) is 10.6 Å². The maximum Gasteiger partial charge on any atom is 0.301 e.